The van der Waals surface area contributed by atoms with Gasteiger partial charge in [0.2, 0.25) is 0 Å². The maximum absolute atomic E-state index is 7.69. The van der Waals surface area contributed by atoms with Crippen LogP contribution in [-0.4, -0.2) is 11.4 Å². The summed E-state index contributed by atoms with van der Waals surface area (Å²) >= 11 is 2.24. The lowest BCUT2D eigenvalue weighted by Gasteiger charge is -2.04. The molecule has 0 bridgehead atoms. The highest BCUT2D eigenvalue weighted by atomic mass is 127. The van der Waals surface area contributed by atoms with Crippen LogP contribution in [0.1, 0.15) is 0 Å². The Hall–Kier alpha value is -1.23. The molecule has 0 fully saturated rings. The fourth-order valence-corrected chi connectivity index (χ4v) is 1.75. The number of rotatable bonds is 1. The van der Waals surface area contributed by atoms with Crippen molar-refractivity contribution in [3.63, 3.8) is 0 Å². The van der Waals surface area contributed by atoms with Crippen molar-refractivity contribution >= 4 is 39.7 Å². The smallest absolute Gasteiger partial charge is 0.0886 e. The van der Waals surface area contributed by atoms with E-state index < -0.39 is 0 Å². The Morgan fingerprint density at radius 2 is 1.80 bits per heavy atom. The summed E-state index contributed by atoms with van der Waals surface area (Å²) in [7, 11) is 0. The van der Waals surface area contributed by atoms with Gasteiger partial charge in [-0.2, -0.15) is 0 Å². The molecular weight excluding hydrogens is 299 g/mol. The van der Waals surface area contributed by atoms with Crippen molar-refractivity contribution < 1.29 is 0 Å². The van der Waals surface area contributed by atoms with E-state index in [9.17, 15) is 0 Å². The molecule has 15 heavy (non-hydrogen) atoms. The minimum atomic E-state index is 0.456. The monoisotopic (exact) mass is 308 g/mol. The number of nitrogens with one attached hydrogen (secondary N) is 1. The second-order valence-electron chi connectivity index (χ2n) is 3.08. The van der Waals surface area contributed by atoms with E-state index in [2.05, 4.69) is 27.6 Å². The van der Waals surface area contributed by atoms with Crippen molar-refractivity contribution in [3.05, 3.63) is 52.1 Å². The topological polar surface area (TPSA) is 36.2 Å². The molecule has 1 N–H and O–H groups in total. The molecule has 0 saturated carbocycles. The third-order valence-electron chi connectivity index (χ3n) is 2.00. The van der Waals surface area contributed by atoms with Crippen molar-refractivity contribution in [1.29, 1.82) is 5.41 Å². The van der Waals surface area contributed by atoms with Gasteiger partial charge in [0.05, 0.1) is 17.1 Å². The van der Waals surface area contributed by atoms with Crippen LogP contribution in [0.5, 0.6) is 0 Å². The van der Waals surface area contributed by atoms with Crippen molar-refractivity contribution in [2.24, 2.45) is 4.99 Å². The van der Waals surface area contributed by atoms with Crippen molar-refractivity contribution in [3.8, 4) is 0 Å². The zero-order chi connectivity index (χ0) is 10.7. The van der Waals surface area contributed by atoms with Crippen molar-refractivity contribution in [2.75, 3.05) is 0 Å². The Morgan fingerprint density at radius 3 is 2.53 bits per heavy atom. The first-order chi connectivity index (χ1) is 7.27. The zero-order valence-corrected chi connectivity index (χ0v) is 10.1. The number of halogens is 1. The summed E-state index contributed by atoms with van der Waals surface area (Å²) in [6, 6.07) is 7.89. The molecule has 0 unspecified atom stereocenters. The van der Waals surface area contributed by atoms with E-state index in [0.29, 0.717) is 11.4 Å². The fraction of sp³-hybridized carbons (Fsp3) is 0. The second-order valence-corrected chi connectivity index (χ2v) is 4.24. The molecule has 2 nitrogen and oxygen atoms in total. The first-order valence-corrected chi connectivity index (χ1v) is 5.62. The molecule has 1 aliphatic carbocycles. The number of nitrogens with zero attached hydrogens (tertiary/aromatic N) is 1. The summed E-state index contributed by atoms with van der Waals surface area (Å²) in [6.07, 6.45) is 7.34. The van der Waals surface area contributed by atoms with Gasteiger partial charge in [-0.3, -0.25) is 5.41 Å². The quantitative estimate of drug-likeness (QED) is 0.609. The molecular formula is C12H9IN2. The van der Waals surface area contributed by atoms with Gasteiger partial charge in [-0.15, -0.1) is 0 Å². The van der Waals surface area contributed by atoms with E-state index in [4.69, 9.17) is 5.41 Å². The Morgan fingerprint density at radius 1 is 1.07 bits per heavy atom. The van der Waals surface area contributed by atoms with Gasteiger partial charge in [-0.1, -0.05) is 24.3 Å². The Kier molecular flexibility index (Phi) is 3.11. The number of benzene rings is 1. The normalized spacial score (nSPS) is 17.4. The molecule has 0 aromatic heterocycles. The van der Waals surface area contributed by atoms with Crippen molar-refractivity contribution in [1.82, 2.24) is 0 Å². The molecule has 74 valence electrons. The molecule has 0 aliphatic heterocycles. The molecule has 0 saturated heterocycles. The van der Waals surface area contributed by atoms with Crippen LogP contribution >= 0.6 is 22.6 Å². The average Bonchev–Trinajstić information content (AvgIpc) is 2.24. The van der Waals surface area contributed by atoms with Crippen LogP contribution in [0.4, 0.5) is 5.69 Å². The average molecular weight is 308 g/mol. The minimum absolute atomic E-state index is 0.456. The molecule has 1 aromatic carbocycles. The molecule has 0 amide bonds. The van der Waals surface area contributed by atoms with Gasteiger partial charge in [0.25, 0.3) is 0 Å². The predicted molar refractivity (Wildman–Crippen MR) is 72.3 cm³/mol. The van der Waals surface area contributed by atoms with Crippen LogP contribution in [0.15, 0.2) is 53.6 Å². The summed E-state index contributed by atoms with van der Waals surface area (Å²) in [5, 5.41) is 7.69. The fourth-order valence-electron chi connectivity index (χ4n) is 1.24. The molecule has 2 rings (SSSR count). The number of hydrogen-bond donors (Lipinski definition) is 1. The Bertz CT molecular complexity index is 484. The summed E-state index contributed by atoms with van der Waals surface area (Å²) in [5.41, 5.74) is 2.08. The molecule has 0 radical (unpaired) electrons. The van der Waals surface area contributed by atoms with Gasteiger partial charge in [0.15, 0.2) is 0 Å². The van der Waals surface area contributed by atoms with Crippen LogP contribution in [0.3, 0.4) is 0 Å². The van der Waals surface area contributed by atoms with Gasteiger partial charge in [0.1, 0.15) is 0 Å². The van der Waals surface area contributed by atoms with E-state index in [1.165, 1.54) is 0 Å². The van der Waals surface area contributed by atoms with Crippen LogP contribution < -0.4 is 0 Å². The summed E-state index contributed by atoms with van der Waals surface area (Å²) in [5.74, 6) is 0. The lowest BCUT2D eigenvalue weighted by molar-refractivity contribution is 1.47. The third-order valence-corrected chi connectivity index (χ3v) is 2.91. The van der Waals surface area contributed by atoms with Gasteiger partial charge in [0, 0.05) is 3.57 Å². The highest BCUT2D eigenvalue weighted by Crippen LogP contribution is 2.21. The summed E-state index contributed by atoms with van der Waals surface area (Å²) < 4.78 is 1.10. The summed E-state index contributed by atoms with van der Waals surface area (Å²) in [6.45, 7) is 0. The van der Waals surface area contributed by atoms with Gasteiger partial charge in [-0.05, 0) is 46.9 Å². The number of aliphatic imine (C=N–C) groups is 1. The van der Waals surface area contributed by atoms with Gasteiger partial charge < -0.3 is 0 Å². The van der Waals surface area contributed by atoms with Gasteiger partial charge in [-0.25, -0.2) is 4.99 Å². The zero-order valence-electron chi connectivity index (χ0n) is 7.94. The summed E-state index contributed by atoms with van der Waals surface area (Å²) in [4.78, 5) is 4.45. The maximum atomic E-state index is 7.69. The largest absolute Gasteiger partial charge is 0.299 e. The van der Waals surface area contributed by atoms with Crippen LogP contribution in [-0.2, 0) is 0 Å². The molecule has 1 aliphatic rings. The first kappa shape index (κ1) is 10.3. The number of hydrogen-bond acceptors (Lipinski definition) is 2. The maximum Gasteiger partial charge on any atom is 0.0886 e. The third kappa shape index (κ3) is 2.41. The lowest BCUT2D eigenvalue weighted by atomic mass is 10.1. The first-order valence-electron chi connectivity index (χ1n) is 4.54. The SMILES string of the molecule is N=C1C=CC=CC1=Nc1ccccc1I. The minimum Gasteiger partial charge on any atom is -0.299 e. The van der Waals surface area contributed by atoms with E-state index >= 15 is 0 Å². The van der Waals surface area contributed by atoms with E-state index in [0.717, 1.165) is 9.26 Å². The van der Waals surface area contributed by atoms with Crippen LogP contribution in [0.25, 0.3) is 0 Å². The predicted octanol–water partition coefficient (Wildman–Crippen LogP) is 3.51. The highest BCUT2D eigenvalue weighted by molar-refractivity contribution is 14.1. The van der Waals surface area contributed by atoms with Crippen LogP contribution in [0, 0.1) is 8.98 Å². The molecule has 0 atom stereocenters. The highest BCUT2D eigenvalue weighted by Gasteiger charge is 2.04. The van der Waals surface area contributed by atoms with Crippen molar-refractivity contribution in [2.45, 2.75) is 0 Å². The van der Waals surface area contributed by atoms with Crippen LogP contribution in [0.2, 0.25) is 0 Å². The van der Waals surface area contributed by atoms with Gasteiger partial charge >= 0.3 is 0 Å². The van der Waals surface area contributed by atoms with E-state index in [1.54, 1.807) is 6.08 Å². The second kappa shape index (κ2) is 4.53. The molecule has 0 spiro atoms. The van der Waals surface area contributed by atoms with E-state index in [1.807, 2.05) is 42.5 Å². The number of allylic oxidation sites excluding steroid dienone is 4. The Labute approximate surface area is 102 Å². The molecule has 0 heterocycles. The molecule has 1 aromatic rings. The molecule has 3 heteroatoms. The standard InChI is InChI=1S/C12H9IN2/c13-9-5-1-3-7-11(9)15-12-8-4-2-6-10(12)14/h1-8,14H. The number of para-hydroxylation sites is 1. The Balaban J connectivity index is 2.39. The van der Waals surface area contributed by atoms with E-state index in [-0.39, 0.29) is 0 Å². The lowest BCUT2D eigenvalue weighted by Crippen LogP contribution is -2.09.